The largest absolute Gasteiger partial charge is 0.309 e. The lowest BCUT2D eigenvalue weighted by molar-refractivity contribution is 1.18. The van der Waals surface area contributed by atoms with E-state index in [1.807, 2.05) is 18.3 Å². The molecule has 0 saturated carbocycles. The van der Waals surface area contributed by atoms with E-state index in [1.165, 1.54) is 21.8 Å². The predicted molar refractivity (Wildman–Crippen MR) is 117 cm³/mol. The molecule has 0 bridgehead atoms. The quantitative estimate of drug-likeness (QED) is 0.347. The van der Waals surface area contributed by atoms with Crippen molar-refractivity contribution in [3.05, 3.63) is 91.1 Å². The first-order valence-electron chi connectivity index (χ1n) is 9.19. The lowest BCUT2D eigenvalue weighted by atomic mass is 10.2. The van der Waals surface area contributed by atoms with E-state index in [0.29, 0.717) is 0 Å². The number of thiazole rings is 1. The lowest BCUT2D eigenvalue weighted by Gasteiger charge is -2.08. The molecule has 0 aliphatic carbocycles. The third-order valence-electron chi connectivity index (χ3n) is 5.12. The molecule has 0 saturated heterocycles. The zero-order valence-electron chi connectivity index (χ0n) is 14.9. The Hall–Kier alpha value is -3.50. The number of hydrogen-bond donors (Lipinski definition) is 0. The summed E-state index contributed by atoms with van der Waals surface area (Å²) >= 11 is 1.63. The van der Waals surface area contributed by atoms with Gasteiger partial charge in [-0.1, -0.05) is 47.7 Å². The molecule has 0 amide bonds. The van der Waals surface area contributed by atoms with E-state index in [-0.39, 0.29) is 0 Å². The maximum Gasteiger partial charge on any atom is 0.143 e. The van der Waals surface area contributed by atoms with Crippen molar-refractivity contribution in [2.45, 2.75) is 0 Å². The molecule has 0 aliphatic heterocycles. The number of fused-ring (bicyclic) bond motifs is 4. The molecule has 3 heterocycles. The molecule has 132 valence electrons. The first-order valence-corrected chi connectivity index (χ1v) is 10.0. The maximum atomic E-state index is 4.72. The van der Waals surface area contributed by atoms with Gasteiger partial charge < -0.3 is 4.57 Å². The molecule has 6 rings (SSSR count). The van der Waals surface area contributed by atoms with Gasteiger partial charge in [0.2, 0.25) is 0 Å². The first kappa shape index (κ1) is 15.5. The molecule has 0 fully saturated rings. The Labute approximate surface area is 165 Å². The van der Waals surface area contributed by atoms with Gasteiger partial charge in [0.1, 0.15) is 15.4 Å². The molecule has 0 N–H and O–H groups in total. The highest BCUT2D eigenvalue weighted by molar-refractivity contribution is 7.21. The minimum Gasteiger partial charge on any atom is -0.309 e. The normalized spacial score (nSPS) is 11.6. The van der Waals surface area contributed by atoms with Crippen LogP contribution in [0, 0.1) is 0 Å². The molecule has 0 radical (unpaired) electrons. The number of para-hydroxylation sites is 2. The van der Waals surface area contributed by atoms with Crippen LogP contribution >= 0.6 is 11.3 Å². The van der Waals surface area contributed by atoms with Crippen LogP contribution in [0.15, 0.2) is 91.1 Å². The average molecular weight is 377 g/mol. The third kappa shape index (κ3) is 2.28. The lowest BCUT2D eigenvalue weighted by Crippen LogP contribution is -1.93. The van der Waals surface area contributed by atoms with Crippen molar-refractivity contribution in [3.8, 4) is 16.3 Å². The van der Waals surface area contributed by atoms with Crippen LogP contribution in [0.2, 0.25) is 0 Å². The standard InChI is InChI=1S/C24H15N3S/c1-3-9-21-18(6-1)19-7-2-4-10-22(19)27(21)17-13-11-16(12-14-17)23-26-20-8-5-15-25-24(20)28-23/h1-15H. The molecule has 6 aromatic rings. The maximum absolute atomic E-state index is 4.72. The second kappa shape index (κ2) is 6.01. The van der Waals surface area contributed by atoms with Crippen LogP contribution in [0.3, 0.4) is 0 Å². The number of nitrogens with zero attached hydrogens (tertiary/aromatic N) is 3. The molecule has 0 aliphatic rings. The van der Waals surface area contributed by atoms with Gasteiger partial charge in [0.15, 0.2) is 0 Å². The molecule has 3 nitrogen and oxygen atoms in total. The monoisotopic (exact) mass is 377 g/mol. The van der Waals surface area contributed by atoms with Crippen LogP contribution in [-0.4, -0.2) is 14.5 Å². The third-order valence-corrected chi connectivity index (χ3v) is 6.15. The zero-order chi connectivity index (χ0) is 18.5. The van der Waals surface area contributed by atoms with Crippen molar-refractivity contribution in [1.82, 2.24) is 14.5 Å². The van der Waals surface area contributed by atoms with Gasteiger partial charge in [-0.05, 0) is 48.5 Å². The molecule has 28 heavy (non-hydrogen) atoms. The minimum atomic E-state index is 0.953. The van der Waals surface area contributed by atoms with E-state index in [0.717, 1.165) is 26.6 Å². The summed E-state index contributed by atoms with van der Waals surface area (Å²) in [5.74, 6) is 0. The molecule has 4 heteroatoms. The Morgan fingerprint density at radius 1 is 0.679 bits per heavy atom. The molecule has 0 spiro atoms. The van der Waals surface area contributed by atoms with Crippen LogP contribution in [0.5, 0.6) is 0 Å². The van der Waals surface area contributed by atoms with Crippen molar-refractivity contribution in [1.29, 1.82) is 0 Å². The summed E-state index contributed by atoms with van der Waals surface area (Å²) in [7, 11) is 0. The predicted octanol–water partition coefficient (Wildman–Crippen LogP) is 6.46. The fourth-order valence-corrected chi connectivity index (χ4v) is 4.76. The SMILES string of the molecule is c1cnc2sc(-c3ccc(-n4c5ccccc5c5ccccc54)cc3)nc2c1. The number of benzene rings is 3. The number of rotatable bonds is 2. The first-order chi connectivity index (χ1) is 13.9. The Bertz CT molecular complexity index is 1370. The smallest absolute Gasteiger partial charge is 0.143 e. The van der Waals surface area contributed by atoms with Crippen molar-refractivity contribution in [3.63, 3.8) is 0 Å². The second-order valence-corrected chi connectivity index (χ2v) is 7.74. The van der Waals surface area contributed by atoms with E-state index in [9.17, 15) is 0 Å². The molecular formula is C24H15N3S. The van der Waals surface area contributed by atoms with E-state index in [2.05, 4.69) is 82.3 Å². The summed E-state index contributed by atoms with van der Waals surface area (Å²) in [5.41, 5.74) is 5.67. The van der Waals surface area contributed by atoms with Crippen LogP contribution in [0.4, 0.5) is 0 Å². The zero-order valence-corrected chi connectivity index (χ0v) is 15.7. The fourth-order valence-electron chi connectivity index (χ4n) is 3.85. The second-order valence-electron chi connectivity index (χ2n) is 6.76. The molecule has 3 aromatic carbocycles. The fraction of sp³-hybridized carbons (Fsp3) is 0. The Morgan fingerprint density at radius 2 is 1.36 bits per heavy atom. The summed E-state index contributed by atoms with van der Waals surface area (Å²) in [6.07, 6.45) is 1.82. The van der Waals surface area contributed by atoms with Gasteiger partial charge in [-0.15, -0.1) is 0 Å². The van der Waals surface area contributed by atoms with Gasteiger partial charge in [0.25, 0.3) is 0 Å². The summed E-state index contributed by atoms with van der Waals surface area (Å²) in [5, 5.41) is 3.56. The number of aromatic nitrogens is 3. The van der Waals surface area contributed by atoms with E-state index >= 15 is 0 Å². The van der Waals surface area contributed by atoms with Crippen molar-refractivity contribution < 1.29 is 0 Å². The average Bonchev–Trinajstić information content (AvgIpc) is 3.33. The Kier molecular flexibility index (Phi) is 3.34. The highest BCUT2D eigenvalue weighted by Crippen LogP contribution is 2.33. The van der Waals surface area contributed by atoms with Crippen LogP contribution in [-0.2, 0) is 0 Å². The van der Waals surface area contributed by atoms with E-state index < -0.39 is 0 Å². The molecule has 0 atom stereocenters. The molecular weight excluding hydrogens is 362 g/mol. The van der Waals surface area contributed by atoms with Crippen molar-refractivity contribution in [2.24, 2.45) is 0 Å². The van der Waals surface area contributed by atoms with Gasteiger partial charge >= 0.3 is 0 Å². The van der Waals surface area contributed by atoms with Gasteiger partial charge in [0, 0.05) is 28.2 Å². The van der Waals surface area contributed by atoms with Crippen LogP contribution in [0.1, 0.15) is 0 Å². The Balaban J connectivity index is 1.52. The summed E-state index contributed by atoms with van der Waals surface area (Å²) in [6.45, 7) is 0. The van der Waals surface area contributed by atoms with Gasteiger partial charge in [-0.3, -0.25) is 0 Å². The van der Waals surface area contributed by atoms with Gasteiger partial charge in [-0.2, -0.15) is 0 Å². The van der Waals surface area contributed by atoms with Crippen LogP contribution in [0.25, 0.3) is 48.4 Å². The minimum absolute atomic E-state index is 0.953. The van der Waals surface area contributed by atoms with Crippen LogP contribution < -0.4 is 0 Å². The number of hydrogen-bond acceptors (Lipinski definition) is 3. The summed E-state index contributed by atoms with van der Waals surface area (Å²) < 4.78 is 2.33. The van der Waals surface area contributed by atoms with Crippen molar-refractivity contribution >= 4 is 43.5 Å². The van der Waals surface area contributed by atoms with Crippen molar-refractivity contribution in [2.75, 3.05) is 0 Å². The topological polar surface area (TPSA) is 30.7 Å². The highest BCUT2D eigenvalue weighted by Gasteiger charge is 2.12. The highest BCUT2D eigenvalue weighted by atomic mass is 32.1. The summed E-state index contributed by atoms with van der Waals surface area (Å²) in [4.78, 5) is 10.1. The summed E-state index contributed by atoms with van der Waals surface area (Å²) in [6, 6.07) is 29.7. The Morgan fingerprint density at radius 3 is 2.04 bits per heavy atom. The molecule has 0 unspecified atom stereocenters. The van der Waals surface area contributed by atoms with E-state index in [1.54, 1.807) is 11.3 Å². The van der Waals surface area contributed by atoms with Gasteiger partial charge in [0.05, 0.1) is 11.0 Å². The number of pyridine rings is 1. The molecule has 3 aromatic heterocycles. The van der Waals surface area contributed by atoms with E-state index in [4.69, 9.17) is 4.98 Å². The van der Waals surface area contributed by atoms with Gasteiger partial charge in [-0.25, -0.2) is 9.97 Å².